The molecule has 1 fully saturated rings. The molecule has 4 heteroatoms. The zero-order valence-electron chi connectivity index (χ0n) is 8.10. The van der Waals surface area contributed by atoms with E-state index < -0.39 is 11.7 Å². The standard InChI is InChI=1S/C11H8N2O2/c1-14-9-4-2-8(3-5-9)10-11(6-12,7-13)15-10/h2-5,10H,1H3. The van der Waals surface area contributed by atoms with Gasteiger partial charge in [-0.2, -0.15) is 10.5 Å². The van der Waals surface area contributed by atoms with Gasteiger partial charge >= 0.3 is 0 Å². The van der Waals surface area contributed by atoms with Crippen molar-refractivity contribution in [3.8, 4) is 17.9 Å². The lowest BCUT2D eigenvalue weighted by molar-refractivity contribution is 0.369. The Morgan fingerprint density at radius 2 is 1.87 bits per heavy atom. The maximum Gasteiger partial charge on any atom is 0.272 e. The van der Waals surface area contributed by atoms with E-state index in [4.69, 9.17) is 20.0 Å². The van der Waals surface area contributed by atoms with Gasteiger partial charge in [-0.25, -0.2) is 0 Å². The number of benzene rings is 1. The highest BCUT2D eigenvalue weighted by molar-refractivity contribution is 5.40. The number of rotatable bonds is 2. The van der Waals surface area contributed by atoms with Gasteiger partial charge in [-0.1, -0.05) is 12.1 Å². The molecule has 1 aliphatic rings. The molecule has 4 nitrogen and oxygen atoms in total. The van der Waals surface area contributed by atoms with Crippen molar-refractivity contribution in [2.75, 3.05) is 7.11 Å². The lowest BCUT2D eigenvalue weighted by atomic mass is 10.0. The molecule has 1 aliphatic heterocycles. The monoisotopic (exact) mass is 200 g/mol. The zero-order valence-corrected chi connectivity index (χ0v) is 8.10. The average Bonchev–Trinajstić information content (AvgIpc) is 3.05. The van der Waals surface area contributed by atoms with Crippen LogP contribution in [0.15, 0.2) is 24.3 Å². The first-order valence-corrected chi connectivity index (χ1v) is 4.40. The van der Waals surface area contributed by atoms with E-state index in [1.165, 1.54) is 0 Å². The predicted molar refractivity (Wildman–Crippen MR) is 50.8 cm³/mol. The van der Waals surface area contributed by atoms with Gasteiger partial charge in [0.15, 0.2) is 0 Å². The van der Waals surface area contributed by atoms with Gasteiger partial charge in [-0.15, -0.1) is 0 Å². The van der Waals surface area contributed by atoms with E-state index in [-0.39, 0.29) is 0 Å². The molecule has 0 radical (unpaired) electrons. The first kappa shape index (κ1) is 9.51. The van der Waals surface area contributed by atoms with Gasteiger partial charge in [-0.3, -0.25) is 0 Å². The molecule has 1 heterocycles. The van der Waals surface area contributed by atoms with Crippen molar-refractivity contribution < 1.29 is 9.47 Å². The molecule has 1 atom stereocenters. The Bertz CT molecular complexity index is 439. The van der Waals surface area contributed by atoms with Crippen LogP contribution in [0, 0.1) is 22.7 Å². The summed E-state index contributed by atoms with van der Waals surface area (Å²) in [5.41, 5.74) is -0.465. The third-order valence-electron chi connectivity index (χ3n) is 2.37. The van der Waals surface area contributed by atoms with E-state index in [2.05, 4.69) is 0 Å². The summed E-state index contributed by atoms with van der Waals surface area (Å²) in [4.78, 5) is 0. The summed E-state index contributed by atoms with van der Waals surface area (Å²) in [6.45, 7) is 0. The normalized spacial score (nSPS) is 21.1. The highest BCUT2D eigenvalue weighted by Gasteiger charge is 2.59. The number of nitrogens with zero attached hydrogens (tertiary/aromatic N) is 2. The van der Waals surface area contributed by atoms with Crippen LogP contribution < -0.4 is 4.74 Å². The topological polar surface area (TPSA) is 69.3 Å². The van der Waals surface area contributed by atoms with Crippen LogP contribution in [0.1, 0.15) is 11.7 Å². The van der Waals surface area contributed by atoms with Crippen LogP contribution in [0.25, 0.3) is 0 Å². The van der Waals surface area contributed by atoms with Crippen molar-refractivity contribution >= 4 is 0 Å². The lowest BCUT2D eigenvalue weighted by Crippen LogP contribution is -2.04. The van der Waals surface area contributed by atoms with Crippen LogP contribution >= 0.6 is 0 Å². The zero-order chi connectivity index (χ0) is 10.9. The highest BCUT2D eigenvalue weighted by Crippen LogP contribution is 2.48. The predicted octanol–water partition coefficient (Wildman–Crippen LogP) is 1.55. The maximum atomic E-state index is 8.77. The van der Waals surface area contributed by atoms with Gasteiger partial charge in [0, 0.05) is 0 Å². The van der Waals surface area contributed by atoms with Crippen LogP contribution in [0.5, 0.6) is 5.75 Å². The second-order valence-electron chi connectivity index (χ2n) is 3.23. The van der Waals surface area contributed by atoms with Gasteiger partial charge in [0.25, 0.3) is 5.60 Å². The minimum Gasteiger partial charge on any atom is -0.497 e. The number of epoxide rings is 1. The molecule has 1 unspecified atom stereocenters. The van der Waals surface area contributed by atoms with Crippen molar-refractivity contribution in [1.29, 1.82) is 10.5 Å². The Morgan fingerprint density at radius 3 is 2.27 bits per heavy atom. The average molecular weight is 200 g/mol. The van der Waals surface area contributed by atoms with E-state index in [0.29, 0.717) is 0 Å². The van der Waals surface area contributed by atoms with Crippen molar-refractivity contribution in [2.24, 2.45) is 0 Å². The second kappa shape index (κ2) is 3.27. The van der Waals surface area contributed by atoms with E-state index in [1.807, 2.05) is 12.1 Å². The van der Waals surface area contributed by atoms with Crippen molar-refractivity contribution in [3.63, 3.8) is 0 Å². The largest absolute Gasteiger partial charge is 0.497 e. The summed E-state index contributed by atoms with van der Waals surface area (Å²) in [6.07, 6.45) is -0.432. The Morgan fingerprint density at radius 1 is 1.27 bits per heavy atom. The van der Waals surface area contributed by atoms with Crippen LogP contribution in [0.2, 0.25) is 0 Å². The minimum absolute atomic E-state index is 0.432. The van der Waals surface area contributed by atoms with Crippen LogP contribution in [-0.4, -0.2) is 12.7 Å². The van der Waals surface area contributed by atoms with Crippen LogP contribution in [0.4, 0.5) is 0 Å². The maximum absolute atomic E-state index is 8.77. The fraction of sp³-hybridized carbons (Fsp3) is 0.273. The smallest absolute Gasteiger partial charge is 0.272 e. The molecule has 0 aromatic heterocycles. The fourth-order valence-corrected chi connectivity index (χ4v) is 1.43. The van der Waals surface area contributed by atoms with Crippen molar-refractivity contribution in [1.82, 2.24) is 0 Å². The third-order valence-corrected chi connectivity index (χ3v) is 2.37. The summed E-state index contributed by atoms with van der Waals surface area (Å²) in [6, 6.07) is 10.9. The Kier molecular flexibility index (Phi) is 2.07. The Labute approximate surface area is 87.3 Å². The van der Waals surface area contributed by atoms with Crippen LogP contribution in [0.3, 0.4) is 0 Å². The number of nitriles is 2. The molecule has 15 heavy (non-hydrogen) atoms. The molecule has 0 saturated carbocycles. The molecular formula is C11H8N2O2. The van der Waals surface area contributed by atoms with Crippen molar-refractivity contribution in [2.45, 2.75) is 11.7 Å². The molecule has 1 saturated heterocycles. The Balaban J connectivity index is 2.21. The first-order chi connectivity index (χ1) is 7.25. The lowest BCUT2D eigenvalue weighted by Gasteiger charge is -1.99. The minimum atomic E-state index is -1.28. The van der Waals surface area contributed by atoms with Gasteiger partial charge in [-0.05, 0) is 17.7 Å². The number of hydrogen-bond donors (Lipinski definition) is 0. The van der Waals surface area contributed by atoms with E-state index >= 15 is 0 Å². The molecule has 1 aromatic rings. The summed E-state index contributed by atoms with van der Waals surface area (Å²) in [7, 11) is 1.58. The van der Waals surface area contributed by atoms with Crippen molar-refractivity contribution in [3.05, 3.63) is 29.8 Å². The Hall–Kier alpha value is -2.04. The molecule has 74 valence electrons. The number of ether oxygens (including phenoxy) is 2. The quantitative estimate of drug-likeness (QED) is 0.679. The molecule has 0 spiro atoms. The number of methoxy groups -OCH3 is 1. The number of hydrogen-bond acceptors (Lipinski definition) is 4. The van der Waals surface area contributed by atoms with E-state index in [9.17, 15) is 0 Å². The summed E-state index contributed by atoms with van der Waals surface area (Å²) < 4.78 is 10.1. The van der Waals surface area contributed by atoms with E-state index in [0.717, 1.165) is 11.3 Å². The summed E-state index contributed by atoms with van der Waals surface area (Å²) in [5.74, 6) is 0.735. The molecule has 1 aromatic carbocycles. The van der Waals surface area contributed by atoms with Gasteiger partial charge in [0.05, 0.1) is 7.11 Å². The molecule has 0 N–H and O–H groups in total. The third kappa shape index (κ3) is 1.41. The van der Waals surface area contributed by atoms with Crippen LogP contribution in [-0.2, 0) is 4.74 Å². The first-order valence-electron chi connectivity index (χ1n) is 4.40. The second-order valence-corrected chi connectivity index (χ2v) is 3.23. The highest BCUT2D eigenvalue weighted by atomic mass is 16.6. The van der Waals surface area contributed by atoms with Gasteiger partial charge < -0.3 is 9.47 Å². The summed E-state index contributed by atoms with van der Waals surface area (Å²) >= 11 is 0. The molecular weight excluding hydrogens is 192 g/mol. The van der Waals surface area contributed by atoms with Gasteiger partial charge in [0.1, 0.15) is 24.0 Å². The molecule has 2 rings (SSSR count). The molecule has 0 aliphatic carbocycles. The SMILES string of the molecule is COc1ccc(C2OC2(C#N)C#N)cc1. The van der Waals surface area contributed by atoms with Gasteiger partial charge in [0.2, 0.25) is 0 Å². The molecule has 0 bridgehead atoms. The molecule has 0 amide bonds. The fourth-order valence-electron chi connectivity index (χ4n) is 1.43. The van der Waals surface area contributed by atoms with E-state index in [1.54, 1.807) is 31.4 Å². The summed E-state index contributed by atoms with van der Waals surface area (Å²) in [5, 5.41) is 17.5.